The fourth-order valence-corrected chi connectivity index (χ4v) is 4.00. The van der Waals surface area contributed by atoms with Crippen LogP contribution in [0.1, 0.15) is 78.1 Å². The van der Waals surface area contributed by atoms with E-state index in [9.17, 15) is 5.26 Å². The molecule has 1 saturated carbocycles. The smallest absolute Gasteiger partial charge is 0.160 e. The molecule has 0 aromatic carbocycles. The number of nitriles is 1. The van der Waals surface area contributed by atoms with Gasteiger partial charge in [-0.2, -0.15) is 5.26 Å². The summed E-state index contributed by atoms with van der Waals surface area (Å²) >= 11 is 0. The van der Waals surface area contributed by atoms with E-state index in [-0.39, 0.29) is 11.7 Å². The van der Waals surface area contributed by atoms with Crippen molar-refractivity contribution in [3.8, 4) is 6.07 Å². The fourth-order valence-electron chi connectivity index (χ4n) is 4.00. The standard InChI is InChI=1S/C19H33NO2/c1-3-5-6-10-19(15-20)11-8-17(9-12-19)18-21-13-16(7-4-2)14-22-18/h16-18H,3-14H2,1-2H3/t16?,17-,18?,19+. The van der Waals surface area contributed by atoms with E-state index in [1.807, 2.05) is 0 Å². The van der Waals surface area contributed by atoms with Gasteiger partial charge in [0.1, 0.15) is 0 Å². The van der Waals surface area contributed by atoms with Gasteiger partial charge in [-0.15, -0.1) is 0 Å². The zero-order valence-electron chi connectivity index (χ0n) is 14.5. The summed E-state index contributed by atoms with van der Waals surface area (Å²) in [5, 5.41) is 9.62. The molecule has 1 heterocycles. The Labute approximate surface area is 136 Å². The monoisotopic (exact) mass is 307 g/mol. The molecule has 1 saturated heterocycles. The third-order valence-corrected chi connectivity index (χ3v) is 5.56. The van der Waals surface area contributed by atoms with Crippen LogP contribution in [-0.2, 0) is 9.47 Å². The van der Waals surface area contributed by atoms with Crippen molar-refractivity contribution in [2.24, 2.45) is 17.3 Å². The molecule has 0 bridgehead atoms. The van der Waals surface area contributed by atoms with Crippen LogP contribution in [0.4, 0.5) is 0 Å². The van der Waals surface area contributed by atoms with Crippen LogP contribution in [0.3, 0.4) is 0 Å². The first kappa shape index (κ1) is 17.8. The van der Waals surface area contributed by atoms with Crippen LogP contribution in [0, 0.1) is 28.6 Å². The maximum atomic E-state index is 9.62. The zero-order chi connectivity index (χ0) is 15.8. The van der Waals surface area contributed by atoms with Gasteiger partial charge >= 0.3 is 0 Å². The Morgan fingerprint density at radius 3 is 2.27 bits per heavy atom. The quantitative estimate of drug-likeness (QED) is 0.618. The second kappa shape index (κ2) is 8.89. The number of ether oxygens (including phenoxy) is 2. The van der Waals surface area contributed by atoms with E-state index in [1.165, 1.54) is 32.1 Å². The number of hydrogen-bond acceptors (Lipinski definition) is 3. The highest BCUT2D eigenvalue weighted by atomic mass is 16.7. The van der Waals surface area contributed by atoms with Crippen molar-refractivity contribution in [2.75, 3.05) is 13.2 Å². The Bertz CT molecular complexity index is 347. The topological polar surface area (TPSA) is 42.2 Å². The lowest BCUT2D eigenvalue weighted by atomic mass is 9.68. The SMILES string of the molecule is CCCCC[C@]1(C#N)CC[C@@H](C2OCC(CCC)CO2)CC1. The van der Waals surface area contributed by atoms with E-state index in [0.717, 1.165) is 45.3 Å². The molecule has 2 aliphatic rings. The predicted octanol–water partition coefficient (Wildman–Crippen LogP) is 5.06. The summed E-state index contributed by atoms with van der Waals surface area (Å²) in [5.74, 6) is 1.08. The number of unbranched alkanes of at least 4 members (excludes halogenated alkanes) is 2. The molecule has 0 spiro atoms. The van der Waals surface area contributed by atoms with Crippen LogP contribution in [0.15, 0.2) is 0 Å². The van der Waals surface area contributed by atoms with Gasteiger partial charge in [-0.25, -0.2) is 0 Å². The van der Waals surface area contributed by atoms with Crippen molar-refractivity contribution in [1.82, 2.24) is 0 Å². The van der Waals surface area contributed by atoms with Crippen molar-refractivity contribution in [3.63, 3.8) is 0 Å². The maximum Gasteiger partial charge on any atom is 0.160 e. The van der Waals surface area contributed by atoms with E-state index >= 15 is 0 Å². The molecule has 3 nitrogen and oxygen atoms in total. The Morgan fingerprint density at radius 2 is 1.73 bits per heavy atom. The van der Waals surface area contributed by atoms with Gasteiger partial charge < -0.3 is 9.47 Å². The second-order valence-electron chi connectivity index (χ2n) is 7.38. The lowest BCUT2D eigenvalue weighted by Gasteiger charge is -2.40. The first-order valence-corrected chi connectivity index (χ1v) is 9.37. The summed E-state index contributed by atoms with van der Waals surface area (Å²) in [5.41, 5.74) is -0.0644. The van der Waals surface area contributed by atoms with Crippen LogP contribution in [0.25, 0.3) is 0 Å². The summed E-state index contributed by atoms with van der Waals surface area (Å²) in [4.78, 5) is 0. The molecule has 2 fully saturated rings. The van der Waals surface area contributed by atoms with E-state index in [1.54, 1.807) is 0 Å². The number of nitrogens with zero attached hydrogens (tertiary/aromatic N) is 1. The Hall–Kier alpha value is -0.590. The summed E-state index contributed by atoms with van der Waals surface area (Å²) in [7, 11) is 0. The third kappa shape index (κ3) is 4.70. The van der Waals surface area contributed by atoms with Crippen LogP contribution in [0.5, 0.6) is 0 Å². The van der Waals surface area contributed by atoms with Gasteiger partial charge in [0.2, 0.25) is 0 Å². The average Bonchev–Trinajstić information content (AvgIpc) is 2.57. The second-order valence-corrected chi connectivity index (χ2v) is 7.38. The Balaban J connectivity index is 1.76. The lowest BCUT2D eigenvalue weighted by Crippen LogP contribution is -2.40. The number of hydrogen-bond donors (Lipinski definition) is 0. The van der Waals surface area contributed by atoms with Crippen LogP contribution in [0.2, 0.25) is 0 Å². The van der Waals surface area contributed by atoms with Crippen molar-refractivity contribution in [3.05, 3.63) is 0 Å². The molecule has 0 amide bonds. The van der Waals surface area contributed by atoms with Gasteiger partial charge in [0.25, 0.3) is 0 Å². The van der Waals surface area contributed by atoms with Gasteiger partial charge in [-0.1, -0.05) is 39.5 Å². The van der Waals surface area contributed by atoms with Crippen molar-refractivity contribution in [1.29, 1.82) is 5.26 Å². The van der Waals surface area contributed by atoms with Gasteiger partial charge in [-0.05, 0) is 38.5 Å². The summed E-state index contributed by atoms with van der Waals surface area (Å²) in [6, 6.07) is 2.64. The molecule has 0 aromatic heterocycles. The molecule has 1 aliphatic heterocycles. The summed E-state index contributed by atoms with van der Waals surface area (Å²) in [6.45, 7) is 6.15. The highest BCUT2D eigenvalue weighted by Gasteiger charge is 2.39. The third-order valence-electron chi connectivity index (χ3n) is 5.56. The fraction of sp³-hybridized carbons (Fsp3) is 0.947. The van der Waals surface area contributed by atoms with Gasteiger partial charge in [0.05, 0.1) is 24.7 Å². The summed E-state index contributed by atoms with van der Waals surface area (Å²) < 4.78 is 12.0. The van der Waals surface area contributed by atoms with Gasteiger partial charge in [-0.3, -0.25) is 0 Å². The van der Waals surface area contributed by atoms with Crippen LogP contribution >= 0.6 is 0 Å². The molecule has 0 N–H and O–H groups in total. The summed E-state index contributed by atoms with van der Waals surface area (Å²) in [6.07, 6.45) is 11.4. The molecule has 3 heteroatoms. The highest BCUT2D eigenvalue weighted by molar-refractivity contribution is 5.01. The number of rotatable bonds is 7. The Kier molecular flexibility index (Phi) is 7.18. The van der Waals surface area contributed by atoms with E-state index < -0.39 is 0 Å². The molecule has 22 heavy (non-hydrogen) atoms. The minimum Gasteiger partial charge on any atom is -0.352 e. The lowest BCUT2D eigenvalue weighted by molar-refractivity contribution is -0.231. The highest BCUT2D eigenvalue weighted by Crippen LogP contribution is 2.44. The molecular formula is C19H33NO2. The molecule has 0 unspecified atom stereocenters. The average molecular weight is 307 g/mol. The van der Waals surface area contributed by atoms with Gasteiger partial charge in [0.15, 0.2) is 6.29 Å². The normalized spacial score (nSPS) is 36.0. The maximum absolute atomic E-state index is 9.62. The molecule has 126 valence electrons. The minimum atomic E-state index is -0.0644. The van der Waals surface area contributed by atoms with Crippen LogP contribution in [-0.4, -0.2) is 19.5 Å². The van der Waals surface area contributed by atoms with Crippen molar-refractivity contribution < 1.29 is 9.47 Å². The van der Waals surface area contributed by atoms with Gasteiger partial charge in [0, 0.05) is 11.8 Å². The molecule has 1 aliphatic carbocycles. The van der Waals surface area contributed by atoms with E-state index in [2.05, 4.69) is 19.9 Å². The first-order chi connectivity index (χ1) is 10.7. The van der Waals surface area contributed by atoms with E-state index in [4.69, 9.17) is 9.47 Å². The molecule has 0 aromatic rings. The molecule has 0 radical (unpaired) electrons. The van der Waals surface area contributed by atoms with E-state index in [0.29, 0.717) is 11.8 Å². The molecule has 2 rings (SSSR count). The van der Waals surface area contributed by atoms with Crippen molar-refractivity contribution in [2.45, 2.75) is 84.3 Å². The molecule has 0 atom stereocenters. The zero-order valence-corrected chi connectivity index (χ0v) is 14.5. The largest absolute Gasteiger partial charge is 0.352 e. The van der Waals surface area contributed by atoms with Crippen LogP contribution < -0.4 is 0 Å². The minimum absolute atomic E-state index is 0.0135. The Morgan fingerprint density at radius 1 is 1.05 bits per heavy atom. The van der Waals surface area contributed by atoms with Crippen molar-refractivity contribution >= 4 is 0 Å². The predicted molar refractivity (Wildman–Crippen MR) is 88.2 cm³/mol. The first-order valence-electron chi connectivity index (χ1n) is 9.37. The molecular weight excluding hydrogens is 274 g/mol.